The predicted molar refractivity (Wildman–Crippen MR) is 141 cm³/mol. The molecule has 0 aliphatic rings. The second-order valence-corrected chi connectivity index (χ2v) is 8.99. The highest BCUT2D eigenvalue weighted by Crippen LogP contribution is 2.03. The Kier molecular flexibility index (Phi) is 16.6. The standard InChI is InChI=1S/C22H39N9O10/c1-10(32)17(21(40)41)31-20(39)13(5-7-16(35)36)29-15(34)9-28-19(38)12(4-6-14(24)33)30-18(37)11(23)3-2-8-27-22(25)26/h10-13,17,32H,2-9,23H2,1H3,(H2,24,33)(H,28,38)(H,29,34)(H,30,37)(H,31,39)(H,35,36)(H,40,41)(H4,25,26,27)/t10-,11+,12+,13+,17+/m1/s1. The van der Waals surface area contributed by atoms with Gasteiger partial charge >= 0.3 is 11.9 Å². The molecule has 0 saturated carbocycles. The van der Waals surface area contributed by atoms with Crippen LogP contribution < -0.4 is 43.8 Å². The summed E-state index contributed by atoms with van der Waals surface area (Å²) in [5.41, 5.74) is 16.1. The number of hydrogen-bond acceptors (Lipinski definition) is 10. The van der Waals surface area contributed by atoms with Gasteiger partial charge in [0, 0.05) is 19.4 Å². The van der Waals surface area contributed by atoms with E-state index in [0.717, 1.165) is 6.92 Å². The van der Waals surface area contributed by atoms with Gasteiger partial charge in [0.2, 0.25) is 29.5 Å². The largest absolute Gasteiger partial charge is 0.481 e. The fourth-order valence-electron chi connectivity index (χ4n) is 3.23. The topological polar surface area (TPSA) is 342 Å². The molecule has 232 valence electrons. The van der Waals surface area contributed by atoms with Crippen LogP contribution >= 0.6 is 0 Å². The van der Waals surface area contributed by atoms with Gasteiger partial charge in [-0.25, -0.2) is 4.79 Å². The summed E-state index contributed by atoms with van der Waals surface area (Å²) in [6.07, 6.45) is -2.53. The summed E-state index contributed by atoms with van der Waals surface area (Å²) < 4.78 is 0. The maximum absolute atomic E-state index is 12.7. The Labute approximate surface area is 234 Å². The Balaban J connectivity index is 5.26. The van der Waals surface area contributed by atoms with Crippen molar-refractivity contribution in [3.8, 4) is 0 Å². The molecule has 0 aromatic heterocycles. The molecule has 15 N–H and O–H groups in total. The fraction of sp³-hybridized carbons (Fsp3) is 0.636. The molecule has 0 radical (unpaired) electrons. The van der Waals surface area contributed by atoms with Gasteiger partial charge in [-0.1, -0.05) is 0 Å². The molecule has 0 fully saturated rings. The van der Waals surface area contributed by atoms with Gasteiger partial charge in [-0.3, -0.25) is 34.2 Å². The number of amides is 5. The number of primary amides is 1. The fourth-order valence-corrected chi connectivity index (χ4v) is 3.23. The number of hydrogen-bond donors (Lipinski definition) is 12. The normalized spacial score (nSPS) is 14.2. The molecule has 0 saturated heterocycles. The second-order valence-electron chi connectivity index (χ2n) is 8.99. The highest BCUT2D eigenvalue weighted by Gasteiger charge is 2.30. The molecular formula is C22H39N9O10. The van der Waals surface area contributed by atoms with Crippen LogP contribution in [0.2, 0.25) is 0 Å². The van der Waals surface area contributed by atoms with Gasteiger partial charge in [-0.2, -0.15) is 0 Å². The summed E-state index contributed by atoms with van der Waals surface area (Å²) in [4.78, 5) is 83.5. The van der Waals surface area contributed by atoms with Crippen LogP contribution in [0.15, 0.2) is 0 Å². The summed E-state index contributed by atoms with van der Waals surface area (Å²) in [5, 5.41) is 46.0. The minimum Gasteiger partial charge on any atom is -0.481 e. The number of rotatable bonds is 20. The first-order valence-electron chi connectivity index (χ1n) is 12.5. The number of aliphatic hydroxyl groups is 1. The third kappa shape index (κ3) is 16.2. The van der Waals surface area contributed by atoms with Gasteiger partial charge in [0.05, 0.1) is 18.7 Å². The van der Waals surface area contributed by atoms with E-state index in [4.69, 9.17) is 32.8 Å². The summed E-state index contributed by atoms with van der Waals surface area (Å²) >= 11 is 0. The van der Waals surface area contributed by atoms with Crippen molar-refractivity contribution in [1.29, 1.82) is 5.41 Å². The smallest absolute Gasteiger partial charge is 0.328 e. The minimum absolute atomic E-state index is 0.163. The molecule has 0 aromatic carbocycles. The molecular weight excluding hydrogens is 550 g/mol. The Morgan fingerprint density at radius 2 is 1.39 bits per heavy atom. The number of nitrogens with one attached hydrogen (secondary N) is 6. The molecule has 5 amide bonds. The lowest BCUT2D eigenvalue weighted by molar-refractivity contribution is -0.145. The molecule has 0 aliphatic carbocycles. The highest BCUT2D eigenvalue weighted by molar-refractivity contribution is 5.94. The molecule has 19 nitrogen and oxygen atoms in total. The van der Waals surface area contributed by atoms with E-state index < -0.39 is 91.1 Å². The lowest BCUT2D eigenvalue weighted by Crippen LogP contribution is -2.56. The summed E-state index contributed by atoms with van der Waals surface area (Å²) in [7, 11) is 0. The number of carboxylic acid groups (broad SMARTS) is 2. The van der Waals surface area contributed by atoms with Crippen molar-refractivity contribution < 1.29 is 48.9 Å². The van der Waals surface area contributed by atoms with E-state index in [0.29, 0.717) is 6.42 Å². The lowest BCUT2D eigenvalue weighted by atomic mass is 10.1. The van der Waals surface area contributed by atoms with Crippen LogP contribution in [0.25, 0.3) is 0 Å². The molecule has 0 heterocycles. The Morgan fingerprint density at radius 3 is 1.90 bits per heavy atom. The number of carbonyl (C=O) groups is 7. The van der Waals surface area contributed by atoms with E-state index in [1.54, 1.807) is 0 Å². The average molecular weight is 590 g/mol. The molecule has 41 heavy (non-hydrogen) atoms. The van der Waals surface area contributed by atoms with Crippen LogP contribution in [-0.2, 0) is 33.6 Å². The Hall–Kier alpha value is -4.52. The van der Waals surface area contributed by atoms with Crippen molar-refractivity contribution in [2.24, 2.45) is 17.2 Å². The maximum Gasteiger partial charge on any atom is 0.328 e. The zero-order valence-electron chi connectivity index (χ0n) is 22.5. The van der Waals surface area contributed by atoms with Gasteiger partial charge in [-0.15, -0.1) is 0 Å². The number of guanidine groups is 1. The molecule has 0 spiro atoms. The van der Waals surface area contributed by atoms with E-state index in [-0.39, 0.29) is 31.8 Å². The van der Waals surface area contributed by atoms with Crippen molar-refractivity contribution in [1.82, 2.24) is 26.6 Å². The molecule has 0 rings (SSSR count). The summed E-state index contributed by atoms with van der Waals surface area (Å²) in [6.45, 7) is 0.629. The lowest BCUT2D eigenvalue weighted by Gasteiger charge is -2.23. The summed E-state index contributed by atoms with van der Waals surface area (Å²) in [6, 6.07) is -5.65. The summed E-state index contributed by atoms with van der Waals surface area (Å²) in [5.74, 6) is -7.59. The van der Waals surface area contributed by atoms with E-state index >= 15 is 0 Å². The molecule has 0 aromatic rings. The predicted octanol–water partition coefficient (Wildman–Crippen LogP) is -5.26. The number of aliphatic hydroxyl groups excluding tert-OH is 1. The Bertz CT molecular complexity index is 975. The quantitative estimate of drug-likeness (QED) is 0.0359. The SMILES string of the molecule is C[C@@H](O)[C@H](NC(=O)[C@H](CCC(=O)O)NC(=O)CNC(=O)[C@H](CCC(N)=O)NC(=O)[C@@H](N)CCCNC(=N)N)C(=O)O. The van der Waals surface area contributed by atoms with E-state index in [9.17, 15) is 38.7 Å². The first-order valence-corrected chi connectivity index (χ1v) is 12.5. The first-order chi connectivity index (χ1) is 19.0. The van der Waals surface area contributed by atoms with Crippen molar-refractivity contribution in [3.63, 3.8) is 0 Å². The Morgan fingerprint density at radius 1 is 0.805 bits per heavy atom. The maximum atomic E-state index is 12.7. The van der Waals surface area contributed by atoms with Crippen LogP contribution in [0.5, 0.6) is 0 Å². The second kappa shape index (κ2) is 18.7. The number of carbonyl (C=O) groups excluding carboxylic acids is 5. The van der Waals surface area contributed by atoms with Crippen LogP contribution in [0.4, 0.5) is 0 Å². The number of carboxylic acids is 2. The third-order valence-electron chi connectivity index (χ3n) is 5.42. The van der Waals surface area contributed by atoms with Gasteiger partial charge in [0.15, 0.2) is 12.0 Å². The van der Waals surface area contributed by atoms with Crippen LogP contribution in [0, 0.1) is 5.41 Å². The molecule has 0 aliphatic heterocycles. The van der Waals surface area contributed by atoms with E-state index in [1.807, 2.05) is 5.32 Å². The van der Waals surface area contributed by atoms with Crippen molar-refractivity contribution >= 4 is 47.4 Å². The van der Waals surface area contributed by atoms with Gasteiger partial charge < -0.3 is 59.1 Å². The van der Waals surface area contributed by atoms with Gasteiger partial charge in [-0.05, 0) is 32.6 Å². The van der Waals surface area contributed by atoms with E-state index in [1.165, 1.54) is 0 Å². The van der Waals surface area contributed by atoms with Gasteiger partial charge in [0.25, 0.3) is 0 Å². The third-order valence-corrected chi connectivity index (χ3v) is 5.42. The monoisotopic (exact) mass is 589 g/mol. The molecule has 5 atom stereocenters. The number of aliphatic carboxylic acids is 2. The van der Waals surface area contributed by atoms with Crippen LogP contribution in [0.1, 0.15) is 45.4 Å². The van der Waals surface area contributed by atoms with Gasteiger partial charge in [0.1, 0.15) is 12.1 Å². The first kappa shape index (κ1) is 36.5. The van der Waals surface area contributed by atoms with E-state index in [2.05, 4.69) is 21.3 Å². The number of nitrogens with two attached hydrogens (primary N) is 3. The molecule has 0 bridgehead atoms. The zero-order valence-corrected chi connectivity index (χ0v) is 22.5. The highest BCUT2D eigenvalue weighted by atomic mass is 16.4. The zero-order chi connectivity index (χ0) is 31.7. The van der Waals surface area contributed by atoms with Crippen LogP contribution in [-0.4, -0.2) is 106 Å². The molecule has 0 unspecified atom stereocenters. The van der Waals surface area contributed by atoms with Crippen molar-refractivity contribution in [3.05, 3.63) is 0 Å². The van der Waals surface area contributed by atoms with Crippen LogP contribution in [0.3, 0.4) is 0 Å². The van der Waals surface area contributed by atoms with Crippen molar-refractivity contribution in [2.75, 3.05) is 13.1 Å². The average Bonchev–Trinajstić information content (AvgIpc) is 2.87. The van der Waals surface area contributed by atoms with Crippen molar-refractivity contribution in [2.45, 2.75) is 75.7 Å². The minimum atomic E-state index is -1.74. The molecule has 19 heteroatoms.